The van der Waals surface area contributed by atoms with Crippen molar-refractivity contribution < 1.29 is 9.16 Å². The standard InChI is InChI=1S/C14H30O2Si3/c1-17(2,3)11-10-14(18(4,5)6)13(16-14)12-15-19(7,8)9/h13H,12H2,1-9H3/t13-,14-/m1/s1. The largest absolute Gasteiger partial charge is 0.415 e. The van der Waals surface area contributed by atoms with Crippen molar-refractivity contribution in [3.05, 3.63) is 0 Å². The average Bonchev–Trinajstić information content (AvgIpc) is 2.83. The molecule has 0 aromatic heterocycles. The quantitative estimate of drug-likeness (QED) is 0.448. The van der Waals surface area contributed by atoms with Gasteiger partial charge in [0.05, 0.1) is 6.61 Å². The van der Waals surface area contributed by atoms with Crippen molar-refractivity contribution in [2.75, 3.05) is 6.61 Å². The third-order valence-corrected chi connectivity index (χ3v) is 7.83. The predicted molar refractivity (Wildman–Crippen MR) is 91.4 cm³/mol. The molecule has 1 aliphatic rings. The van der Waals surface area contributed by atoms with Gasteiger partial charge in [0.2, 0.25) is 0 Å². The van der Waals surface area contributed by atoms with Crippen molar-refractivity contribution in [3.63, 3.8) is 0 Å². The van der Waals surface area contributed by atoms with E-state index in [1.165, 1.54) is 0 Å². The summed E-state index contributed by atoms with van der Waals surface area (Å²) in [5.74, 6) is 3.52. The van der Waals surface area contributed by atoms with E-state index in [-0.39, 0.29) is 11.3 Å². The zero-order chi connectivity index (χ0) is 15.1. The third kappa shape index (κ3) is 4.87. The van der Waals surface area contributed by atoms with Crippen LogP contribution in [0.2, 0.25) is 58.9 Å². The summed E-state index contributed by atoms with van der Waals surface area (Å²) < 4.78 is 12.1. The van der Waals surface area contributed by atoms with Crippen LogP contribution in [0.3, 0.4) is 0 Å². The summed E-state index contributed by atoms with van der Waals surface area (Å²) in [6, 6.07) is 0. The first kappa shape index (κ1) is 17.2. The summed E-state index contributed by atoms with van der Waals surface area (Å²) in [6.07, 6.45) is 0.203. The zero-order valence-electron chi connectivity index (χ0n) is 14.1. The minimum absolute atomic E-state index is 0.160. The van der Waals surface area contributed by atoms with Crippen LogP contribution in [-0.2, 0) is 9.16 Å². The van der Waals surface area contributed by atoms with Gasteiger partial charge >= 0.3 is 0 Å². The Morgan fingerprint density at radius 3 is 1.89 bits per heavy atom. The Hall–Kier alpha value is 0.131. The maximum absolute atomic E-state index is 6.07. The minimum atomic E-state index is -1.47. The Kier molecular flexibility index (Phi) is 4.66. The molecule has 2 nitrogen and oxygen atoms in total. The van der Waals surface area contributed by atoms with Crippen LogP contribution in [0.5, 0.6) is 0 Å². The molecule has 0 unspecified atom stereocenters. The van der Waals surface area contributed by atoms with Crippen LogP contribution in [-0.4, -0.2) is 42.4 Å². The number of rotatable bonds is 4. The van der Waals surface area contributed by atoms with E-state index in [0.717, 1.165) is 6.61 Å². The molecule has 0 bridgehead atoms. The Morgan fingerprint density at radius 1 is 1.00 bits per heavy atom. The van der Waals surface area contributed by atoms with Gasteiger partial charge in [-0.15, -0.1) is 5.54 Å². The van der Waals surface area contributed by atoms with Crippen molar-refractivity contribution in [1.29, 1.82) is 0 Å². The fourth-order valence-electron chi connectivity index (χ4n) is 1.90. The molecule has 0 amide bonds. The van der Waals surface area contributed by atoms with Crippen LogP contribution < -0.4 is 0 Å². The number of hydrogen-bond donors (Lipinski definition) is 0. The number of epoxide rings is 1. The molecular weight excluding hydrogens is 284 g/mol. The van der Waals surface area contributed by atoms with Gasteiger partial charge in [-0.3, -0.25) is 0 Å². The first-order chi connectivity index (χ1) is 8.27. The van der Waals surface area contributed by atoms with Crippen molar-refractivity contribution in [2.24, 2.45) is 0 Å². The van der Waals surface area contributed by atoms with Crippen molar-refractivity contribution in [2.45, 2.75) is 70.3 Å². The van der Waals surface area contributed by atoms with E-state index in [1.54, 1.807) is 0 Å². The highest BCUT2D eigenvalue weighted by Crippen LogP contribution is 2.44. The van der Waals surface area contributed by atoms with Crippen LogP contribution in [0.4, 0.5) is 0 Å². The van der Waals surface area contributed by atoms with Crippen LogP contribution in [0.15, 0.2) is 0 Å². The predicted octanol–water partition coefficient (Wildman–Crippen LogP) is 3.73. The smallest absolute Gasteiger partial charge is 0.183 e. The van der Waals surface area contributed by atoms with Crippen LogP contribution >= 0.6 is 0 Å². The van der Waals surface area contributed by atoms with Crippen molar-refractivity contribution >= 4 is 24.5 Å². The topological polar surface area (TPSA) is 21.8 Å². The lowest BCUT2D eigenvalue weighted by Gasteiger charge is -2.23. The van der Waals surface area contributed by atoms with E-state index < -0.39 is 24.5 Å². The van der Waals surface area contributed by atoms with Crippen molar-refractivity contribution in [1.82, 2.24) is 0 Å². The Bertz CT molecular complexity index is 390. The van der Waals surface area contributed by atoms with Crippen molar-refractivity contribution in [3.8, 4) is 11.5 Å². The van der Waals surface area contributed by atoms with E-state index in [1.807, 2.05) is 0 Å². The highest BCUT2D eigenvalue weighted by atomic mass is 28.4. The average molecular weight is 315 g/mol. The molecule has 5 heteroatoms. The van der Waals surface area contributed by atoms with Gasteiger partial charge in [-0.05, 0) is 19.6 Å². The Balaban J connectivity index is 2.81. The van der Waals surface area contributed by atoms with E-state index in [0.29, 0.717) is 0 Å². The van der Waals surface area contributed by atoms with Gasteiger partial charge in [0.1, 0.15) is 27.5 Å². The lowest BCUT2D eigenvalue weighted by Crippen LogP contribution is -2.44. The molecule has 1 aliphatic heterocycles. The van der Waals surface area contributed by atoms with Gasteiger partial charge in [-0.1, -0.05) is 45.2 Å². The molecule has 110 valence electrons. The summed E-state index contributed by atoms with van der Waals surface area (Å²) in [5.41, 5.74) is 3.51. The highest BCUT2D eigenvalue weighted by Gasteiger charge is 2.63. The molecule has 1 fully saturated rings. The highest BCUT2D eigenvalue weighted by molar-refractivity contribution is 6.84. The van der Waals surface area contributed by atoms with E-state index in [2.05, 4.69) is 70.4 Å². The molecule has 2 atom stereocenters. The second-order valence-corrected chi connectivity index (χ2v) is 23.0. The second kappa shape index (κ2) is 5.15. The summed E-state index contributed by atoms with van der Waals surface area (Å²) in [7, 11) is -4.28. The first-order valence-corrected chi connectivity index (χ1v) is 17.5. The summed E-state index contributed by atoms with van der Waals surface area (Å²) in [4.78, 5) is 0. The monoisotopic (exact) mass is 314 g/mol. The lowest BCUT2D eigenvalue weighted by molar-refractivity contribution is 0.255. The van der Waals surface area contributed by atoms with Crippen LogP contribution in [0.25, 0.3) is 0 Å². The molecule has 0 aromatic rings. The molecule has 0 radical (unpaired) electrons. The molecular formula is C14H30O2Si3. The first-order valence-electron chi connectivity index (χ1n) is 7.13. The Morgan fingerprint density at radius 2 is 1.53 bits per heavy atom. The van der Waals surface area contributed by atoms with Gasteiger partial charge in [-0.25, -0.2) is 0 Å². The van der Waals surface area contributed by atoms with Crippen LogP contribution in [0, 0.1) is 11.5 Å². The summed E-state index contributed by atoms with van der Waals surface area (Å²) in [6.45, 7) is 21.3. The Labute approximate surface area is 122 Å². The fraction of sp³-hybridized carbons (Fsp3) is 0.857. The van der Waals surface area contributed by atoms with Gasteiger partial charge in [0.15, 0.2) is 8.32 Å². The number of ether oxygens (including phenoxy) is 1. The minimum Gasteiger partial charge on any atom is -0.415 e. The van der Waals surface area contributed by atoms with Gasteiger partial charge in [-0.2, -0.15) is 0 Å². The molecule has 1 heterocycles. The maximum atomic E-state index is 6.07. The third-order valence-electron chi connectivity index (χ3n) is 3.13. The van der Waals surface area contributed by atoms with Gasteiger partial charge in [0, 0.05) is 0 Å². The SMILES string of the molecule is C[Si](C)(C)C#C[C@]1([Si](C)(C)C)O[C@@H]1CO[Si](C)(C)C. The maximum Gasteiger partial charge on any atom is 0.183 e. The molecule has 0 aliphatic carbocycles. The molecule has 19 heavy (non-hydrogen) atoms. The lowest BCUT2D eigenvalue weighted by atomic mass is 10.3. The molecule has 1 saturated heterocycles. The molecule has 0 saturated carbocycles. The summed E-state index contributed by atoms with van der Waals surface area (Å²) >= 11 is 0. The van der Waals surface area contributed by atoms with Gasteiger partial charge < -0.3 is 9.16 Å². The van der Waals surface area contributed by atoms with Gasteiger partial charge in [0.25, 0.3) is 0 Å². The molecule has 1 rings (SSSR count). The molecule has 0 aromatic carbocycles. The van der Waals surface area contributed by atoms with Crippen LogP contribution in [0.1, 0.15) is 0 Å². The molecule has 0 N–H and O–H groups in total. The van der Waals surface area contributed by atoms with E-state index >= 15 is 0 Å². The molecule has 0 spiro atoms. The normalized spacial score (nSPS) is 27.7. The number of hydrogen-bond acceptors (Lipinski definition) is 2. The summed E-state index contributed by atoms with van der Waals surface area (Å²) in [5, 5.41) is -0.160. The van der Waals surface area contributed by atoms with E-state index in [4.69, 9.17) is 9.16 Å². The zero-order valence-corrected chi connectivity index (χ0v) is 17.1. The van der Waals surface area contributed by atoms with E-state index in [9.17, 15) is 0 Å². The second-order valence-electron chi connectivity index (χ2n) is 8.52. The fourth-order valence-corrected chi connectivity index (χ4v) is 5.22.